The number of piperidine rings is 1. The van der Waals surface area contributed by atoms with Crippen LogP contribution < -0.4 is 10.2 Å². The Bertz CT molecular complexity index is 983. The maximum atomic E-state index is 13.3. The van der Waals surface area contributed by atoms with Gasteiger partial charge in [-0.25, -0.2) is 8.42 Å². The molecular formula is C24H35N3O4S2. The Morgan fingerprint density at radius 2 is 1.79 bits per heavy atom. The van der Waals surface area contributed by atoms with Gasteiger partial charge in [-0.05, 0) is 49.8 Å². The Morgan fingerprint density at radius 3 is 2.48 bits per heavy atom. The lowest BCUT2D eigenvalue weighted by Crippen LogP contribution is -2.45. The number of amides is 2. The van der Waals surface area contributed by atoms with Crippen LogP contribution in [0.25, 0.3) is 0 Å². The van der Waals surface area contributed by atoms with Gasteiger partial charge in [0.1, 0.15) is 6.54 Å². The van der Waals surface area contributed by atoms with E-state index in [2.05, 4.69) is 12.2 Å². The molecule has 2 heterocycles. The normalized spacial score (nSPS) is 23.8. The van der Waals surface area contributed by atoms with E-state index in [0.717, 1.165) is 43.4 Å². The van der Waals surface area contributed by atoms with Crippen LogP contribution in [0.4, 0.5) is 5.69 Å². The molecule has 0 aromatic heterocycles. The Balaban J connectivity index is 1.59. The Hall–Kier alpha value is -1.58. The quantitative estimate of drug-likeness (QED) is 0.675. The zero-order valence-corrected chi connectivity index (χ0v) is 21.2. The van der Waals surface area contributed by atoms with Crippen LogP contribution in [0.15, 0.2) is 28.0 Å². The molecule has 2 fully saturated rings. The topological polar surface area (TPSA) is 86.8 Å². The van der Waals surface area contributed by atoms with Gasteiger partial charge in [0, 0.05) is 35.7 Å². The van der Waals surface area contributed by atoms with Crippen molar-refractivity contribution in [2.24, 2.45) is 5.92 Å². The van der Waals surface area contributed by atoms with Crippen LogP contribution in [0.1, 0.15) is 65.2 Å². The van der Waals surface area contributed by atoms with Crippen molar-refractivity contribution < 1.29 is 18.0 Å². The van der Waals surface area contributed by atoms with Crippen molar-refractivity contribution in [1.29, 1.82) is 0 Å². The third kappa shape index (κ3) is 5.74. The zero-order chi connectivity index (χ0) is 23.6. The summed E-state index contributed by atoms with van der Waals surface area (Å²) in [6, 6.07) is 5.19. The average Bonchev–Trinajstić information content (AvgIpc) is 2.89. The number of benzene rings is 1. The molecule has 33 heavy (non-hydrogen) atoms. The Morgan fingerprint density at radius 1 is 1.09 bits per heavy atom. The van der Waals surface area contributed by atoms with Crippen molar-refractivity contribution in [3.63, 3.8) is 0 Å². The predicted octanol–water partition coefficient (Wildman–Crippen LogP) is 3.77. The lowest BCUT2D eigenvalue weighted by Gasteiger charge is -2.30. The van der Waals surface area contributed by atoms with Crippen LogP contribution in [-0.4, -0.2) is 55.5 Å². The molecule has 0 bridgehead atoms. The van der Waals surface area contributed by atoms with E-state index in [4.69, 9.17) is 0 Å². The Labute approximate surface area is 201 Å². The molecule has 1 saturated carbocycles. The lowest BCUT2D eigenvalue weighted by molar-refractivity contribution is -0.124. The first-order valence-corrected chi connectivity index (χ1v) is 14.5. The van der Waals surface area contributed by atoms with Crippen LogP contribution in [0.2, 0.25) is 0 Å². The summed E-state index contributed by atoms with van der Waals surface area (Å²) >= 11 is 1.56. The number of carbonyl (C=O) groups is 2. The number of anilines is 1. The van der Waals surface area contributed by atoms with E-state index < -0.39 is 10.0 Å². The minimum Gasteiger partial charge on any atom is -0.352 e. The molecule has 2 amide bonds. The molecule has 182 valence electrons. The van der Waals surface area contributed by atoms with Crippen molar-refractivity contribution in [2.45, 2.75) is 86.3 Å². The molecule has 9 heteroatoms. The first kappa shape index (κ1) is 24.5. The van der Waals surface area contributed by atoms with Crippen molar-refractivity contribution in [1.82, 2.24) is 9.62 Å². The summed E-state index contributed by atoms with van der Waals surface area (Å²) in [4.78, 5) is 28.5. The van der Waals surface area contributed by atoms with E-state index in [-0.39, 0.29) is 34.5 Å². The second-order valence-electron chi connectivity index (χ2n) is 9.73. The fraction of sp³-hybridized carbons (Fsp3) is 0.667. The van der Waals surface area contributed by atoms with Crippen LogP contribution in [0, 0.1) is 5.92 Å². The lowest BCUT2D eigenvalue weighted by atomic mass is 9.95. The van der Waals surface area contributed by atoms with Crippen LogP contribution in [0.3, 0.4) is 0 Å². The highest BCUT2D eigenvalue weighted by Gasteiger charge is 2.32. The van der Waals surface area contributed by atoms with Crippen molar-refractivity contribution in [2.75, 3.05) is 24.5 Å². The summed E-state index contributed by atoms with van der Waals surface area (Å²) in [7, 11) is -3.65. The van der Waals surface area contributed by atoms with Gasteiger partial charge in [0.2, 0.25) is 21.8 Å². The van der Waals surface area contributed by atoms with Crippen molar-refractivity contribution >= 4 is 39.3 Å². The minimum atomic E-state index is -3.65. The van der Waals surface area contributed by atoms with E-state index in [1.54, 1.807) is 34.3 Å². The predicted molar refractivity (Wildman–Crippen MR) is 131 cm³/mol. The molecule has 4 rings (SSSR count). The number of carbonyl (C=O) groups excluding carboxylic acids is 2. The van der Waals surface area contributed by atoms with Gasteiger partial charge in [-0.3, -0.25) is 9.59 Å². The number of sulfonamides is 1. The summed E-state index contributed by atoms with van der Waals surface area (Å²) < 4.78 is 28.2. The van der Waals surface area contributed by atoms with Gasteiger partial charge < -0.3 is 10.2 Å². The minimum absolute atomic E-state index is 0.0497. The second kappa shape index (κ2) is 10.4. The maximum absolute atomic E-state index is 13.3. The van der Waals surface area contributed by atoms with Gasteiger partial charge in [-0.2, -0.15) is 4.31 Å². The van der Waals surface area contributed by atoms with Gasteiger partial charge in [0.15, 0.2) is 0 Å². The number of thioether (sulfide) groups is 1. The number of hydrogen-bond acceptors (Lipinski definition) is 5. The maximum Gasteiger partial charge on any atom is 0.243 e. The molecule has 0 radical (unpaired) electrons. The first-order chi connectivity index (χ1) is 15.7. The van der Waals surface area contributed by atoms with Gasteiger partial charge in [-0.15, -0.1) is 11.8 Å². The third-order valence-electron chi connectivity index (χ3n) is 6.96. The van der Waals surface area contributed by atoms with Gasteiger partial charge >= 0.3 is 0 Å². The summed E-state index contributed by atoms with van der Waals surface area (Å²) in [6.07, 6.45) is 7.38. The van der Waals surface area contributed by atoms with E-state index in [0.29, 0.717) is 31.1 Å². The van der Waals surface area contributed by atoms with Gasteiger partial charge in [0.25, 0.3) is 0 Å². The largest absolute Gasteiger partial charge is 0.352 e. The smallest absolute Gasteiger partial charge is 0.243 e. The molecule has 0 spiro atoms. The highest BCUT2D eigenvalue weighted by molar-refractivity contribution is 8.00. The van der Waals surface area contributed by atoms with E-state index in [9.17, 15) is 18.0 Å². The molecule has 1 saturated heterocycles. The molecule has 1 N–H and O–H groups in total. The first-order valence-electron chi connectivity index (χ1n) is 12.1. The van der Waals surface area contributed by atoms with Crippen LogP contribution in [0.5, 0.6) is 0 Å². The van der Waals surface area contributed by atoms with Gasteiger partial charge in [-0.1, -0.05) is 33.1 Å². The molecule has 1 aliphatic carbocycles. The molecule has 1 aromatic rings. The number of nitrogens with one attached hydrogen (secondary N) is 1. The fourth-order valence-corrected chi connectivity index (χ4v) is 7.51. The monoisotopic (exact) mass is 493 g/mol. The summed E-state index contributed by atoms with van der Waals surface area (Å²) in [5.74, 6) is 0.199. The van der Waals surface area contributed by atoms with Crippen LogP contribution in [-0.2, 0) is 19.6 Å². The second-order valence-corrected chi connectivity index (χ2v) is 13.1. The van der Waals surface area contributed by atoms with Crippen molar-refractivity contribution in [3.8, 4) is 0 Å². The van der Waals surface area contributed by atoms with Gasteiger partial charge in [0.05, 0.1) is 10.6 Å². The molecule has 0 unspecified atom stereocenters. The summed E-state index contributed by atoms with van der Waals surface area (Å²) in [5.41, 5.74) is 0.527. The number of fused-ring (bicyclic) bond motifs is 1. The van der Waals surface area contributed by atoms with Crippen LogP contribution >= 0.6 is 11.8 Å². The van der Waals surface area contributed by atoms with Crippen molar-refractivity contribution in [3.05, 3.63) is 18.2 Å². The molecule has 1 aromatic carbocycles. The number of nitrogens with zero attached hydrogens (tertiary/aromatic N) is 2. The molecule has 1 atom stereocenters. The number of hydrogen-bond donors (Lipinski definition) is 1. The average molecular weight is 494 g/mol. The zero-order valence-electron chi connectivity index (χ0n) is 19.6. The molecule has 2 aliphatic heterocycles. The molecule has 7 nitrogen and oxygen atoms in total. The summed E-state index contributed by atoms with van der Waals surface area (Å²) in [5, 5.41) is 3.13. The third-order valence-corrected chi connectivity index (χ3v) is 10.0. The SMILES string of the molecule is CC1CCN(S(=O)(=O)c2ccc3c(c2)N(CC(=O)NC2CCCCC2)C(=O)C[C@H](C)S3)CC1. The number of rotatable bonds is 5. The standard InChI is InChI=1S/C24H35N3O4S2/c1-17-10-12-26(13-11-17)33(30,31)20-8-9-22-21(15-20)27(24(29)14-18(2)32-22)16-23(28)25-19-6-4-3-5-7-19/h8-9,15,17-19H,3-7,10-14,16H2,1-2H3,(H,25,28)/t18-/m0/s1. The highest BCUT2D eigenvalue weighted by atomic mass is 32.2. The van der Waals surface area contributed by atoms with E-state index >= 15 is 0 Å². The Kier molecular flexibility index (Phi) is 7.70. The highest BCUT2D eigenvalue weighted by Crippen LogP contribution is 2.40. The fourth-order valence-electron chi connectivity index (χ4n) is 4.93. The van der Waals surface area contributed by atoms with E-state index in [1.165, 1.54) is 11.3 Å². The summed E-state index contributed by atoms with van der Waals surface area (Å²) in [6.45, 7) is 5.07. The molecular weight excluding hydrogens is 458 g/mol. The van der Waals surface area contributed by atoms with E-state index in [1.807, 2.05) is 6.92 Å². The molecule has 3 aliphatic rings.